The van der Waals surface area contributed by atoms with Crippen LogP contribution in [-0.2, 0) is 16.1 Å². The number of furan rings is 1. The highest BCUT2D eigenvalue weighted by Gasteiger charge is 2.68. The topological polar surface area (TPSA) is 50.5 Å². The lowest BCUT2D eigenvalue weighted by Crippen LogP contribution is -2.49. The molecular weight excluding hydrogens is 350 g/mol. The van der Waals surface area contributed by atoms with E-state index in [1.54, 1.807) is 12.3 Å². The number of imide groups is 1. The third-order valence-corrected chi connectivity index (χ3v) is 7.00. The van der Waals surface area contributed by atoms with Crippen LogP contribution in [0.3, 0.4) is 0 Å². The Morgan fingerprint density at radius 3 is 2.07 bits per heavy atom. The van der Waals surface area contributed by atoms with Crippen LogP contribution in [-0.4, -0.2) is 16.7 Å². The number of hydrogen-bond donors (Lipinski definition) is 0. The molecule has 4 nitrogen and oxygen atoms in total. The Morgan fingerprint density at radius 2 is 1.50 bits per heavy atom. The number of benzene rings is 2. The number of carbonyl (C=O) groups is 2. The molecule has 0 radical (unpaired) electrons. The smallest absolute Gasteiger partial charge is 0.237 e. The first kappa shape index (κ1) is 15.9. The van der Waals surface area contributed by atoms with Crippen LogP contribution in [0.4, 0.5) is 0 Å². The van der Waals surface area contributed by atoms with Crippen molar-refractivity contribution in [3.63, 3.8) is 0 Å². The fourth-order valence-electron chi connectivity index (χ4n) is 5.90. The van der Waals surface area contributed by atoms with Gasteiger partial charge in [-0.3, -0.25) is 14.5 Å². The van der Waals surface area contributed by atoms with Crippen molar-refractivity contribution in [3.8, 4) is 0 Å². The molecule has 1 aliphatic heterocycles. The molecule has 2 amide bonds. The van der Waals surface area contributed by atoms with Crippen LogP contribution in [0.25, 0.3) is 0 Å². The van der Waals surface area contributed by atoms with E-state index in [0.717, 1.165) is 0 Å². The van der Waals surface area contributed by atoms with E-state index >= 15 is 0 Å². The van der Waals surface area contributed by atoms with Gasteiger partial charge in [0.05, 0.1) is 24.1 Å². The summed E-state index contributed by atoms with van der Waals surface area (Å²) in [5.74, 6) is -0.0923. The van der Waals surface area contributed by atoms with Crippen molar-refractivity contribution in [3.05, 3.63) is 94.9 Å². The Balaban J connectivity index is 1.58. The predicted octanol–water partition coefficient (Wildman–Crippen LogP) is 4.06. The van der Waals surface area contributed by atoms with Gasteiger partial charge in [0.2, 0.25) is 11.8 Å². The second-order valence-corrected chi connectivity index (χ2v) is 8.24. The monoisotopic (exact) mass is 369 g/mol. The average Bonchev–Trinajstić information content (AvgIpc) is 3.30. The van der Waals surface area contributed by atoms with Crippen LogP contribution in [0.2, 0.25) is 0 Å². The highest BCUT2D eigenvalue weighted by atomic mass is 16.3. The van der Waals surface area contributed by atoms with Crippen LogP contribution >= 0.6 is 0 Å². The summed E-state index contributed by atoms with van der Waals surface area (Å²) in [5, 5.41) is 0. The highest BCUT2D eigenvalue weighted by molar-refractivity contribution is 6.09. The van der Waals surface area contributed by atoms with E-state index in [2.05, 4.69) is 24.3 Å². The highest BCUT2D eigenvalue weighted by Crippen LogP contribution is 2.66. The number of amides is 2. The van der Waals surface area contributed by atoms with Crippen molar-refractivity contribution >= 4 is 11.8 Å². The van der Waals surface area contributed by atoms with Gasteiger partial charge in [0.15, 0.2) is 0 Å². The maximum Gasteiger partial charge on any atom is 0.237 e. The van der Waals surface area contributed by atoms with Crippen LogP contribution < -0.4 is 0 Å². The quantitative estimate of drug-likeness (QED) is 0.640. The minimum absolute atomic E-state index is 0.0806. The van der Waals surface area contributed by atoms with Gasteiger partial charge in [-0.1, -0.05) is 48.5 Å². The van der Waals surface area contributed by atoms with Gasteiger partial charge >= 0.3 is 0 Å². The second kappa shape index (κ2) is 5.22. The number of hydrogen-bond acceptors (Lipinski definition) is 3. The van der Waals surface area contributed by atoms with Gasteiger partial charge in [-0.25, -0.2) is 0 Å². The molecule has 28 heavy (non-hydrogen) atoms. The van der Waals surface area contributed by atoms with E-state index in [9.17, 15) is 9.59 Å². The lowest BCUT2D eigenvalue weighted by molar-refractivity contribution is -0.142. The fraction of sp³-hybridized carbons (Fsp3) is 0.250. The van der Waals surface area contributed by atoms with E-state index in [1.165, 1.54) is 27.2 Å². The number of carbonyl (C=O) groups excluding carboxylic acids is 2. The van der Waals surface area contributed by atoms with Crippen molar-refractivity contribution in [1.82, 2.24) is 4.90 Å². The Bertz CT molecular complexity index is 1080. The molecule has 0 N–H and O–H groups in total. The predicted molar refractivity (Wildman–Crippen MR) is 102 cm³/mol. The Hall–Kier alpha value is -3.14. The van der Waals surface area contributed by atoms with Crippen molar-refractivity contribution in [1.29, 1.82) is 0 Å². The zero-order valence-corrected chi connectivity index (χ0v) is 15.5. The summed E-state index contributed by atoms with van der Waals surface area (Å²) in [7, 11) is 0. The first-order chi connectivity index (χ1) is 13.6. The molecule has 7 rings (SSSR count). The molecule has 2 bridgehead atoms. The van der Waals surface area contributed by atoms with Gasteiger partial charge in [0.25, 0.3) is 0 Å². The summed E-state index contributed by atoms with van der Waals surface area (Å²) in [4.78, 5) is 28.6. The van der Waals surface area contributed by atoms with E-state index in [0.29, 0.717) is 5.76 Å². The third-order valence-electron chi connectivity index (χ3n) is 7.00. The minimum atomic E-state index is -0.767. The third kappa shape index (κ3) is 1.71. The molecular formula is C24H19NO3. The molecule has 0 spiro atoms. The Kier molecular flexibility index (Phi) is 2.96. The average molecular weight is 369 g/mol. The van der Waals surface area contributed by atoms with E-state index in [4.69, 9.17) is 4.42 Å². The molecule has 1 aromatic heterocycles. The fourth-order valence-corrected chi connectivity index (χ4v) is 5.90. The van der Waals surface area contributed by atoms with E-state index < -0.39 is 5.41 Å². The van der Waals surface area contributed by atoms with Gasteiger partial charge in [0.1, 0.15) is 5.76 Å². The van der Waals surface area contributed by atoms with Gasteiger partial charge in [-0.2, -0.15) is 0 Å². The maximum absolute atomic E-state index is 13.7. The summed E-state index contributed by atoms with van der Waals surface area (Å²) in [6, 6.07) is 20.2. The largest absolute Gasteiger partial charge is 0.467 e. The zero-order valence-electron chi connectivity index (χ0n) is 15.5. The first-order valence-corrected chi connectivity index (χ1v) is 9.68. The normalized spacial score (nSPS) is 29.6. The van der Waals surface area contributed by atoms with Crippen LogP contribution in [0, 0.1) is 11.3 Å². The van der Waals surface area contributed by atoms with Crippen molar-refractivity contribution < 1.29 is 14.0 Å². The lowest BCUT2D eigenvalue weighted by Gasteiger charge is -2.51. The molecule has 2 atom stereocenters. The van der Waals surface area contributed by atoms with Crippen molar-refractivity contribution in [2.24, 2.45) is 11.3 Å². The minimum Gasteiger partial charge on any atom is -0.467 e. The molecule has 2 aromatic carbocycles. The Labute approximate surface area is 162 Å². The molecule has 4 heteroatoms. The molecule has 1 saturated heterocycles. The van der Waals surface area contributed by atoms with Crippen LogP contribution in [0.1, 0.15) is 46.8 Å². The van der Waals surface area contributed by atoms with Crippen molar-refractivity contribution in [2.75, 3.05) is 0 Å². The van der Waals surface area contributed by atoms with Crippen molar-refractivity contribution in [2.45, 2.75) is 25.3 Å². The summed E-state index contributed by atoms with van der Waals surface area (Å²) in [5.41, 5.74) is 3.98. The van der Waals surface area contributed by atoms with Gasteiger partial charge < -0.3 is 4.42 Å². The SMILES string of the molecule is C[C@@]12C(=O)N(Cc3ccco3)C(=O)[C@H]1C1c3ccccc3C2c2ccccc21. The molecule has 0 saturated carbocycles. The van der Waals surface area contributed by atoms with Gasteiger partial charge in [0, 0.05) is 11.8 Å². The molecule has 0 unspecified atom stereocenters. The standard InChI is InChI=1S/C24H19NO3/c1-24-20-17-10-4-2-8-15(17)19(16-9-3-5-11-18(16)20)21(24)22(26)25(23(24)27)13-14-7-6-12-28-14/h2-12,19-21H,13H2,1H3/t19?,20?,21-,24+/m1/s1. The summed E-state index contributed by atoms with van der Waals surface area (Å²) in [6.45, 7) is 2.19. The second-order valence-electron chi connectivity index (χ2n) is 8.24. The lowest BCUT2D eigenvalue weighted by atomic mass is 9.48. The first-order valence-electron chi connectivity index (χ1n) is 9.68. The van der Waals surface area contributed by atoms with E-state index in [-0.39, 0.29) is 36.1 Å². The summed E-state index contributed by atoms with van der Waals surface area (Å²) >= 11 is 0. The van der Waals surface area contributed by atoms with Crippen LogP contribution in [0.5, 0.6) is 0 Å². The summed E-state index contributed by atoms with van der Waals surface area (Å²) in [6.07, 6.45) is 1.57. The molecule has 3 aliphatic carbocycles. The number of rotatable bonds is 2. The molecule has 4 aliphatic rings. The molecule has 1 fully saturated rings. The van der Waals surface area contributed by atoms with E-state index in [1.807, 2.05) is 37.3 Å². The summed E-state index contributed by atoms with van der Waals surface area (Å²) < 4.78 is 5.43. The van der Waals surface area contributed by atoms with Gasteiger partial charge in [-0.15, -0.1) is 0 Å². The molecule has 3 aromatic rings. The van der Waals surface area contributed by atoms with Gasteiger partial charge in [-0.05, 0) is 41.3 Å². The zero-order chi connectivity index (χ0) is 19.0. The Morgan fingerprint density at radius 1 is 0.893 bits per heavy atom. The molecule has 138 valence electrons. The molecule has 2 heterocycles. The maximum atomic E-state index is 13.7. The van der Waals surface area contributed by atoms with Crippen LogP contribution in [0.15, 0.2) is 71.3 Å². The number of nitrogens with zero attached hydrogens (tertiary/aromatic N) is 1. The number of likely N-dealkylation sites (tertiary alicyclic amines) is 1.